The molecule has 0 bridgehead atoms. The van der Waals surface area contributed by atoms with Crippen molar-refractivity contribution in [2.75, 3.05) is 18.5 Å². The summed E-state index contributed by atoms with van der Waals surface area (Å²) in [6.45, 7) is 4.38. The second-order valence-electron chi connectivity index (χ2n) is 5.08. The number of aliphatic hydroxyl groups is 2. The highest BCUT2D eigenvalue weighted by Gasteiger charge is 2.28. The molecule has 0 fully saturated rings. The topological polar surface area (TPSA) is 105 Å². The first-order valence-electron chi connectivity index (χ1n) is 6.27. The van der Waals surface area contributed by atoms with Gasteiger partial charge in [0, 0.05) is 0 Å². The van der Waals surface area contributed by atoms with E-state index in [0.717, 1.165) is 0 Å². The zero-order chi connectivity index (χ0) is 15.3. The summed E-state index contributed by atoms with van der Waals surface area (Å²) in [5, 5.41) is 32.6. The maximum Gasteiger partial charge on any atom is 0.333 e. The molecule has 112 valence electrons. The van der Waals surface area contributed by atoms with Crippen LogP contribution >= 0.6 is 0 Å². The van der Waals surface area contributed by atoms with Crippen molar-refractivity contribution in [3.63, 3.8) is 0 Å². The Morgan fingerprint density at radius 2 is 2.00 bits per heavy atom. The average Bonchev–Trinajstić information content (AvgIpc) is 2.37. The van der Waals surface area contributed by atoms with E-state index in [1.165, 1.54) is 12.1 Å². The molecule has 0 unspecified atom stereocenters. The number of benzene rings is 1. The third-order valence-electron chi connectivity index (χ3n) is 2.68. The lowest BCUT2D eigenvalue weighted by atomic mass is 10.0. The Hall–Kier alpha value is -1.86. The number of nitrogens with one attached hydrogen (secondary N) is 1. The van der Waals surface area contributed by atoms with Gasteiger partial charge in [0.1, 0.15) is 5.69 Å². The molecule has 7 heteroatoms. The molecule has 0 saturated heterocycles. The molecular formula is C13H20N2O5. The number of nitro benzene ring substituents is 1. The summed E-state index contributed by atoms with van der Waals surface area (Å²) >= 11 is 0. The SMILES string of the molecule is CC(C)Oc1cccc(NC(C)(CO)CO)c1[N+](=O)[O-]. The van der Waals surface area contributed by atoms with E-state index in [1.54, 1.807) is 26.8 Å². The van der Waals surface area contributed by atoms with Gasteiger partial charge in [-0.25, -0.2) is 0 Å². The summed E-state index contributed by atoms with van der Waals surface area (Å²) in [5.41, 5.74) is -1.07. The molecule has 0 aromatic heterocycles. The van der Waals surface area contributed by atoms with E-state index < -0.39 is 10.5 Å². The van der Waals surface area contributed by atoms with Gasteiger partial charge in [-0.2, -0.15) is 0 Å². The van der Waals surface area contributed by atoms with Crippen LogP contribution in [0.3, 0.4) is 0 Å². The molecule has 1 aromatic carbocycles. The average molecular weight is 284 g/mol. The quantitative estimate of drug-likeness (QED) is 0.518. The molecule has 0 spiro atoms. The van der Waals surface area contributed by atoms with Gasteiger partial charge < -0.3 is 20.3 Å². The highest BCUT2D eigenvalue weighted by atomic mass is 16.6. The standard InChI is InChI=1S/C13H20N2O5/c1-9(2)20-11-6-4-5-10(12(11)15(18)19)14-13(3,7-16)8-17/h4-6,9,14,16-17H,7-8H2,1-3H3. The van der Waals surface area contributed by atoms with E-state index in [9.17, 15) is 20.3 Å². The molecule has 0 radical (unpaired) electrons. The van der Waals surface area contributed by atoms with Gasteiger partial charge in [0.25, 0.3) is 0 Å². The molecule has 0 aliphatic rings. The second kappa shape index (κ2) is 6.53. The fraction of sp³-hybridized carbons (Fsp3) is 0.538. The van der Waals surface area contributed by atoms with E-state index in [-0.39, 0.29) is 36.4 Å². The van der Waals surface area contributed by atoms with Gasteiger partial charge in [0.15, 0.2) is 5.75 Å². The largest absolute Gasteiger partial charge is 0.484 e. The zero-order valence-corrected chi connectivity index (χ0v) is 11.8. The van der Waals surface area contributed by atoms with Crippen LogP contribution < -0.4 is 10.1 Å². The molecule has 0 amide bonds. The van der Waals surface area contributed by atoms with Crippen molar-refractivity contribution in [1.29, 1.82) is 0 Å². The van der Waals surface area contributed by atoms with Crippen LogP contribution in [0, 0.1) is 10.1 Å². The Morgan fingerprint density at radius 1 is 1.40 bits per heavy atom. The number of ether oxygens (including phenoxy) is 1. The van der Waals surface area contributed by atoms with Gasteiger partial charge >= 0.3 is 5.69 Å². The Labute approximate surface area is 117 Å². The predicted octanol–water partition coefficient (Wildman–Crippen LogP) is 1.54. The Kier molecular flexibility index (Phi) is 5.29. The van der Waals surface area contributed by atoms with Crippen LogP contribution in [-0.2, 0) is 0 Å². The minimum atomic E-state index is -1.05. The van der Waals surface area contributed by atoms with Crippen LogP contribution in [0.4, 0.5) is 11.4 Å². The third-order valence-corrected chi connectivity index (χ3v) is 2.68. The van der Waals surface area contributed by atoms with Crippen molar-refractivity contribution in [1.82, 2.24) is 0 Å². The first-order valence-corrected chi connectivity index (χ1v) is 6.27. The molecule has 7 nitrogen and oxygen atoms in total. The normalized spacial score (nSPS) is 11.5. The molecule has 0 atom stereocenters. The lowest BCUT2D eigenvalue weighted by Gasteiger charge is -2.27. The molecule has 0 aliphatic carbocycles. The summed E-state index contributed by atoms with van der Waals surface area (Å²) in [7, 11) is 0. The Morgan fingerprint density at radius 3 is 2.45 bits per heavy atom. The van der Waals surface area contributed by atoms with Crippen LogP contribution in [0.25, 0.3) is 0 Å². The maximum atomic E-state index is 11.2. The lowest BCUT2D eigenvalue weighted by molar-refractivity contribution is -0.385. The smallest absolute Gasteiger partial charge is 0.333 e. The van der Waals surface area contributed by atoms with E-state index >= 15 is 0 Å². The number of nitrogens with zero attached hydrogens (tertiary/aromatic N) is 1. The van der Waals surface area contributed by atoms with Gasteiger partial charge in [-0.05, 0) is 32.9 Å². The summed E-state index contributed by atoms with van der Waals surface area (Å²) in [6.07, 6.45) is -0.203. The van der Waals surface area contributed by atoms with Crippen LogP contribution in [0.1, 0.15) is 20.8 Å². The number of anilines is 1. The van der Waals surface area contributed by atoms with E-state index in [4.69, 9.17) is 4.74 Å². The van der Waals surface area contributed by atoms with Gasteiger partial charge in [-0.1, -0.05) is 6.07 Å². The highest BCUT2D eigenvalue weighted by Crippen LogP contribution is 2.36. The van der Waals surface area contributed by atoms with Crippen molar-refractivity contribution in [2.45, 2.75) is 32.4 Å². The Balaban J connectivity index is 3.22. The molecule has 0 heterocycles. The van der Waals surface area contributed by atoms with Crippen LogP contribution in [-0.4, -0.2) is 40.0 Å². The maximum absolute atomic E-state index is 11.2. The summed E-state index contributed by atoms with van der Waals surface area (Å²) in [4.78, 5) is 10.7. The first kappa shape index (κ1) is 16.2. The van der Waals surface area contributed by atoms with Crippen LogP contribution in [0.5, 0.6) is 5.75 Å². The number of rotatable bonds is 7. The van der Waals surface area contributed by atoms with Crippen molar-refractivity contribution >= 4 is 11.4 Å². The molecule has 1 aromatic rings. The third kappa shape index (κ3) is 3.82. The Bertz CT molecular complexity index is 472. The van der Waals surface area contributed by atoms with Gasteiger partial charge in [0.05, 0.1) is 29.8 Å². The minimum Gasteiger partial charge on any atom is -0.484 e. The van der Waals surface area contributed by atoms with Crippen LogP contribution in [0.15, 0.2) is 18.2 Å². The lowest BCUT2D eigenvalue weighted by Crippen LogP contribution is -2.42. The molecule has 1 rings (SSSR count). The second-order valence-corrected chi connectivity index (χ2v) is 5.08. The van der Waals surface area contributed by atoms with Crippen molar-refractivity contribution < 1.29 is 19.9 Å². The van der Waals surface area contributed by atoms with Gasteiger partial charge in [-0.3, -0.25) is 10.1 Å². The molecular weight excluding hydrogens is 264 g/mol. The summed E-state index contributed by atoms with van der Waals surface area (Å²) < 4.78 is 5.42. The number of para-hydroxylation sites is 1. The monoisotopic (exact) mass is 284 g/mol. The first-order chi connectivity index (χ1) is 9.33. The van der Waals surface area contributed by atoms with Crippen molar-refractivity contribution in [3.05, 3.63) is 28.3 Å². The zero-order valence-electron chi connectivity index (χ0n) is 11.8. The van der Waals surface area contributed by atoms with Crippen molar-refractivity contribution in [3.8, 4) is 5.75 Å². The predicted molar refractivity (Wildman–Crippen MR) is 75.1 cm³/mol. The molecule has 0 aliphatic heterocycles. The van der Waals surface area contributed by atoms with Gasteiger partial charge in [0.2, 0.25) is 0 Å². The highest BCUT2D eigenvalue weighted by molar-refractivity contribution is 5.69. The van der Waals surface area contributed by atoms with E-state index in [0.29, 0.717) is 0 Å². The van der Waals surface area contributed by atoms with Gasteiger partial charge in [-0.15, -0.1) is 0 Å². The minimum absolute atomic E-state index is 0.147. The fourth-order valence-electron chi connectivity index (χ4n) is 1.61. The number of aliphatic hydroxyl groups excluding tert-OH is 2. The number of hydrogen-bond donors (Lipinski definition) is 3. The van der Waals surface area contributed by atoms with Crippen molar-refractivity contribution in [2.24, 2.45) is 0 Å². The summed E-state index contributed by atoms with van der Waals surface area (Å²) in [6, 6.07) is 4.63. The van der Waals surface area contributed by atoms with E-state index in [1.807, 2.05) is 0 Å². The number of hydrogen-bond acceptors (Lipinski definition) is 6. The molecule has 3 N–H and O–H groups in total. The molecule has 20 heavy (non-hydrogen) atoms. The summed E-state index contributed by atoms with van der Waals surface area (Å²) in [5.74, 6) is 0.147. The fourth-order valence-corrected chi connectivity index (χ4v) is 1.61. The van der Waals surface area contributed by atoms with E-state index in [2.05, 4.69) is 5.32 Å². The number of nitro groups is 1. The molecule has 0 saturated carbocycles. The van der Waals surface area contributed by atoms with Crippen LogP contribution in [0.2, 0.25) is 0 Å².